The number of aliphatic hydroxyl groups excluding tert-OH is 1. The van der Waals surface area contributed by atoms with E-state index in [0.717, 1.165) is 13.0 Å². The lowest BCUT2D eigenvalue weighted by atomic mass is 10.1. The van der Waals surface area contributed by atoms with Crippen molar-refractivity contribution in [2.45, 2.75) is 44.9 Å². The van der Waals surface area contributed by atoms with Crippen molar-refractivity contribution >= 4 is 10.0 Å². The van der Waals surface area contributed by atoms with Crippen molar-refractivity contribution in [2.24, 2.45) is 5.92 Å². The van der Waals surface area contributed by atoms with E-state index >= 15 is 0 Å². The van der Waals surface area contributed by atoms with Crippen LogP contribution in [0.25, 0.3) is 0 Å². The zero-order valence-electron chi connectivity index (χ0n) is 12.2. The summed E-state index contributed by atoms with van der Waals surface area (Å²) in [6.07, 6.45) is 1.00. The minimum Gasteiger partial charge on any atom is -0.447 e. The van der Waals surface area contributed by atoms with Gasteiger partial charge in [0.05, 0.1) is 6.54 Å². The molecule has 0 fully saturated rings. The molecule has 0 saturated carbocycles. The maximum atomic E-state index is 12.1. The average molecular weight is 304 g/mol. The average Bonchev–Trinajstić information content (AvgIpc) is 2.87. The van der Waals surface area contributed by atoms with Crippen LogP contribution in [0.5, 0.6) is 0 Å². The predicted molar refractivity (Wildman–Crippen MR) is 76.7 cm³/mol. The molecule has 0 radical (unpaired) electrons. The van der Waals surface area contributed by atoms with Crippen molar-refractivity contribution in [1.82, 2.24) is 10.0 Å². The first-order chi connectivity index (χ1) is 9.40. The molecule has 0 amide bonds. The fourth-order valence-electron chi connectivity index (χ4n) is 1.56. The monoisotopic (exact) mass is 304 g/mol. The Morgan fingerprint density at radius 2 is 2.05 bits per heavy atom. The molecule has 1 aromatic rings. The standard InChI is InChI=1S/C13H24N2O4S/c1-4-7-14-8-12-5-6-13(19-12)20(17,18)15-11(3)10(2)9-16/h5-6,10-11,14-16H,4,7-9H2,1-3H3. The fraction of sp³-hybridized carbons (Fsp3) is 0.692. The highest BCUT2D eigenvalue weighted by Crippen LogP contribution is 2.15. The summed E-state index contributed by atoms with van der Waals surface area (Å²) < 4.78 is 32.0. The largest absolute Gasteiger partial charge is 0.447 e. The lowest BCUT2D eigenvalue weighted by Crippen LogP contribution is -2.38. The van der Waals surface area contributed by atoms with Gasteiger partial charge in [-0.15, -0.1) is 0 Å². The normalized spacial score (nSPS) is 15.2. The second kappa shape index (κ2) is 7.78. The van der Waals surface area contributed by atoms with E-state index in [4.69, 9.17) is 9.52 Å². The van der Waals surface area contributed by atoms with Crippen LogP contribution < -0.4 is 10.0 Å². The first-order valence-corrected chi connectivity index (χ1v) is 8.31. The van der Waals surface area contributed by atoms with Crippen LogP contribution in [0.2, 0.25) is 0 Å². The van der Waals surface area contributed by atoms with Gasteiger partial charge in [-0.2, -0.15) is 0 Å². The Balaban J connectivity index is 2.68. The Labute approximate surface area is 120 Å². The summed E-state index contributed by atoms with van der Waals surface area (Å²) in [7, 11) is -3.68. The third kappa shape index (κ3) is 4.90. The van der Waals surface area contributed by atoms with Gasteiger partial charge in [-0.25, -0.2) is 13.1 Å². The molecule has 1 aromatic heterocycles. The van der Waals surface area contributed by atoms with Crippen LogP contribution in [0.4, 0.5) is 0 Å². The molecule has 3 N–H and O–H groups in total. The minimum absolute atomic E-state index is 0.0754. The molecule has 2 unspecified atom stereocenters. The Bertz CT molecular complexity index is 498. The van der Waals surface area contributed by atoms with Gasteiger partial charge >= 0.3 is 0 Å². The highest BCUT2D eigenvalue weighted by atomic mass is 32.2. The number of rotatable bonds is 9. The summed E-state index contributed by atoms with van der Waals surface area (Å²) in [5.74, 6) is 0.423. The molecular formula is C13H24N2O4S. The molecule has 0 aliphatic carbocycles. The zero-order valence-corrected chi connectivity index (χ0v) is 13.0. The third-order valence-corrected chi connectivity index (χ3v) is 4.54. The molecule has 6 nitrogen and oxygen atoms in total. The molecule has 1 rings (SSSR count). The Hall–Kier alpha value is -0.890. The number of hydrogen-bond acceptors (Lipinski definition) is 5. The molecule has 7 heteroatoms. The van der Waals surface area contributed by atoms with Crippen LogP contribution in [0, 0.1) is 5.92 Å². The predicted octanol–water partition coefficient (Wildman–Crippen LogP) is 1.07. The number of hydrogen-bond donors (Lipinski definition) is 3. The van der Waals surface area contributed by atoms with Crippen LogP contribution in [0.3, 0.4) is 0 Å². The molecule has 2 atom stereocenters. The highest BCUT2D eigenvalue weighted by molar-refractivity contribution is 7.89. The zero-order chi connectivity index (χ0) is 15.2. The maximum Gasteiger partial charge on any atom is 0.274 e. The van der Waals surface area contributed by atoms with Crippen LogP contribution >= 0.6 is 0 Å². The van der Waals surface area contributed by atoms with E-state index in [1.807, 2.05) is 0 Å². The number of sulfonamides is 1. The van der Waals surface area contributed by atoms with Crippen LogP contribution in [0.15, 0.2) is 21.6 Å². The smallest absolute Gasteiger partial charge is 0.274 e. The van der Waals surface area contributed by atoms with Gasteiger partial charge in [0.15, 0.2) is 0 Å². The van der Waals surface area contributed by atoms with Gasteiger partial charge in [0, 0.05) is 12.6 Å². The third-order valence-electron chi connectivity index (χ3n) is 3.11. The van der Waals surface area contributed by atoms with Gasteiger partial charge < -0.3 is 14.8 Å². The van der Waals surface area contributed by atoms with Crippen LogP contribution in [-0.2, 0) is 16.6 Å². The number of nitrogens with one attached hydrogen (secondary N) is 2. The van der Waals surface area contributed by atoms with E-state index < -0.39 is 10.0 Å². The van der Waals surface area contributed by atoms with Crippen molar-refractivity contribution < 1.29 is 17.9 Å². The molecular weight excluding hydrogens is 280 g/mol. The van der Waals surface area contributed by atoms with Crippen molar-refractivity contribution in [3.8, 4) is 0 Å². The summed E-state index contributed by atoms with van der Waals surface area (Å²) in [6, 6.07) is 2.73. The molecule has 0 spiro atoms. The first-order valence-electron chi connectivity index (χ1n) is 6.83. The maximum absolute atomic E-state index is 12.1. The molecule has 1 heterocycles. The van der Waals surface area contributed by atoms with Gasteiger partial charge in [0.1, 0.15) is 5.76 Å². The van der Waals surface area contributed by atoms with Gasteiger partial charge in [-0.3, -0.25) is 0 Å². The van der Waals surface area contributed by atoms with Gasteiger partial charge in [-0.1, -0.05) is 13.8 Å². The van der Waals surface area contributed by atoms with E-state index in [9.17, 15) is 8.42 Å². The summed E-state index contributed by atoms with van der Waals surface area (Å²) >= 11 is 0. The lowest BCUT2D eigenvalue weighted by molar-refractivity contribution is 0.216. The van der Waals surface area contributed by atoms with Crippen LogP contribution in [0.1, 0.15) is 33.0 Å². The van der Waals surface area contributed by atoms with E-state index in [1.54, 1.807) is 19.9 Å². The Kier molecular flexibility index (Phi) is 6.67. The fourth-order valence-corrected chi connectivity index (χ4v) is 2.86. The van der Waals surface area contributed by atoms with Crippen molar-refractivity contribution in [1.29, 1.82) is 0 Å². The Morgan fingerprint density at radius 3 is 2.65 bits per heavy atom. The molecule has 0 aliphatic heterocycles. The van der Waals surface area contributed by atoms with E-state index in [0.29, 0.717) is 12.3 Å². The summed E-state index contributed by atoms with van der Waals surface area (Å²) in [4.78, 5) is 0. The lowest BCUT2D eigenvalue weighted by Gasteiger charge is -2.18. The molecule has 116 valence electrons. The van der Waals surface area contributed by atoms with Crippen molar-refractivity contribution in [3.63, 3.8) is 0 Å². The number of furan rings is 1. The topological polar surface area (TPSA) is 91.6 Å². The second-order valence-corrected chi connectivity index (χ2v) is 6.61. The van der Waals surface area contributed by atoms with Crippen molar-refractivity contribution in [2.75, 3.05) is 13.2 Å². The highest BCUT2D eigenvalue weighted by Gasteiger charge is 2.23. The molecule has 0 saturated heterocycles. The SMILES string of the molecule is CCCNCc1ccc(S(=O)(=O)NC(C)C(C)CO)o1. The van der Waals surface area contributed by atoms with Crippen LogP contribution in [-0.4, -0.2) is 32.7 Å². The quantitative estimate of drug-likeness (QED) is 0.594. The first kappa shape index (κ1) is 17.2. The van der Waals surface area contributed by atoms with Gasteiger partial charge in [-0.05, 0) is 37.9 Å². The minimum atomic E-state index is -3.68. The molecule has 0 bridgehead atoms. The second-order valence-electron chi connectivity index (χ2n) is 4.97. The van der Waals surface area contributed by atoms with Gasteiger partial charge in [0.2, 0.25) is 5.09 Å². The van der Waals surface area contributed by atoms with E-state index in [-0.39, 0.29) is 23.7 Å². The summed E-state index contributed by atoms with van der Waals surface area (Å²) in [6.45, 7) is 6.82. The van der Waals surface area contributed by atoms with Gasteiger partial charge in [0.25, 0.3) is 10.0 Å². The summed E-state index contributed by atoms with van der Waals surface area (Å²) in [5.41, 5.74) is 0. The molecule has 0 aliphatic rings. The summed E-state index contributed by atoms with van der Waals surface area (Å²) in [5, 5.41) is 12.1. The molecule has 0 aromatic carbocycles. The Morgan fingerprint density at radius 1 is 1.35 bits per heavy atom. The van der Waals surface area contributed by atoms with Crippen molar-refractivity contribution in [3.05, 3.63) is 17.9 Å². The molecule has 20 heavy (non-hydrogen) atoms. The van der Waals surface area contributed by atoms with E-state index in [1.165, 1.54) is 6.07 Å². The number of aliphatic hydroxyl groups is 1. The van der Waals surface area contributed by atoms with E-state index in [2.05, 4.69) is 17.0 Å².